The molecule has 0 unspecified atom stereocenters. The second kappa shape index (κ2) is 4.10. The predicted molar refractivity (Wildman–Crippen MR) is 64.9 cm³/mol. The van der Waals surface area contributed by atoms with E-state index in [0.29, 0.717) is 0 Å². The Balaban J connectivity index is 2.20. The molecule has 2 heterocycles. The highest BCUT2D eigenvalue weighted by molar-refractivity contribution is 5.77. The van der Waals surface area contributed by atoms with Gasteiger partial charge in [-0.1, -0.05) is 6.07 Å². The molecule has 90 valence electrons. The fourth-order valence-electron chi connectivity index (χ4n) is 1.86. The van der Waals surface area contributed by atoms with E-state index in [1.165, 1.54) is 13.2 Å². The quantitative estimate of drug-likeness (QED) is 0.694. The zero-order chi connectivity index (χ0) is 12.5. The summed E-state index contributed by atoms with van der Waals surface area (Å²) in [6, 6.07) is 6.50. The maximum absolute atomic E-state index is 13.4. The van der Waals surface area contributed by atoms with Crippen LogP contribution in [0.3, 0.4) is 0 Å². The van der Waals surface area contributed by atoms with E-state index < -0.39 is 0 Å². The highest BCUT2D eigenvalue weighted by Gasteiger charge is 2.10. The van der Waals surface area contributed by atoms with Gasteiger partial charge < -0.3 is 4.74 Å². The summed E-state index contributed by atoms with van der Waals surface area (Å²) in [6.45, 7) is 0. The second-order valence-corrected chi connectivity index (χ2v) is 3.80. The zero-order valence-corrected chi connectivity index (χ0v) is 9.67. The van der Waals surface area contributed by atoms with Crippen LogP contribution in [-0.4, -0.2) is 21.7 Å². The fraction of sp³-hybridized carbons (Fsp3) is 0.0769. The van der Waals surface area contributed by atoms with Crippen LogP contribution >= 0.6 is 0 Å². The van der Waals surface area contributed by atoms with Crippen LogP contribution in [0.25, 0.3) is 16.8 Å². The van der Waals surface area contributed by atoms with Crippen molar-refractivity contribution < 1.29 is 9.13 Å². The SMILES string of the molecule is COc1cc(-c2cnn3cccnc23)ccc1F. The van der Waals surface area contributed by atoms with Crippen LogP contribution in [-0.2, 0) is 0 Å². The third kappa shape index (κ3) is 1.60. The Labute approximate surface area is 103 Å². The molecule has 3 aromatic rings. The summed E-state index contributed by atoms with van der Waals surface area (Å²) < 4.78 is 20.0. The molecule has 0 aliphatic carbocycles. The van der Waals surface area contributed by atoms with E-state index in [4.69, 9.17) is 4.74 Å². The number of ether oxygens (including phenoxy) is 1. The summed E-state index contributed by atoms with van der Waals surface area (Å²) in [5.74, 6) is -0.173. The van der Waals surface area contributed by atoms with Gasteiger partial charge in [-0.2, -0.15) is 5.10 Å². The number of nitrogens with zero attached hydrogens (tertiary/aromatic N) is 3. The van der Waals surface area contributed by atoms with Gasteiger partial charge in [0.15, 0.2) is 17.2 Å². The molecule has 0 saturated heterocycles. The van der Waals surface area contributed by atoms with Crippen molar-refractivity contribution in [3.05, 3.63) is 48.7 Å². The van der Waals surface area contributed by atoms with Gasteiger partial charge in [-0.3, -0.25) is 0 Å². The average Bonchev–Trinajstić information content (AvgIpc) is 2.83. The van der Waals surface area contributed by atoms with Crippen molar-refractivity contribution in [3.8, 4) is 16.9 Å². The van der Waals surface area contributed by atoms with E-state index in [0.717, 1.165) is 16.8 Å². The van der Waals surface area contributed by atoms with Gasteiger partial charge in [0, 0.05) is 18.0 Å². The van der Waals surface area contributed by atoms with E-state index in [2.05, 4.69) is 10.1 Å². The van der Waals surface area contributed by atoms with Gasteiger partial charge in [0.2, 0.25) is 0 Å². The van der Waals surface area contributed by atoms with Gasteiger partial charge in [-0.15, -0.1) is 0 Å². The molecule has 5 heteroatoms. The van der Waals surface area contributed by atoms with Crippen LogP contribution in [0.4, 0.5) is 4.39 Å². The summed E-state index contributed by atoms with van der Waals surface area (Å²) in [5, 5.41) is 4.19. The van der Waals surface area contributed by atoms with Crippen LogP contribution in [0.5, 0.6) is 5.75 Å². The molecule has 0 aliphatic heterocycles. The first-order chi connectivity index (χ1) is 8.79. The predicted octanol–water partition coefficient (Wildman–Crippen LogP) is 2.54. The lowest BCUT2D eigenvalue weighted by molar-refractivity contribution is 0.387. The van der Waals surface area contributed by atoms with E-state index >= 15 is 0 Å². The van der Waals surface area contributed by atoms with Crippen molar-refractivity contribution in [1.82, 2.24) is 14.6 Å². The summed E-state index contributed by atoms with van der Waals surface area (Å²) >= 11 is 0. The number of hydrogen-bond acceptors (Lipinski definition) is 3. The van der Waals surface area contributed by atoms with Crippen LogP contribution in [0, 0.1) is 5.82 Å². The fourth-order valence-corrected chi connectivity index (χ4v) is 1.86. The highest BCUT2D eigenvalue weighted by Crippen LogP contribution is 2.28. The van der Waals surface area contributed by atoms with Crippen LogP contribution in [0.2, 0.25) is 0 Å². The summed E-state index contributed by atoms with van der Waals surface area (Å²) in [4.78, 5) is 4.26. The van der Waals surface area contributed by atoms with Crippen LogP contribution in [0.15, 0.2) is 42.9 Å². The Kier molecular flexibility index (Phi) is 2.44. The molecular formula is C13H10FN3O. The van der Waals surface area contributed by atoms with Crippen molar-refractivity contribution in [2.24, 2.45) is 0 Å². The molecule has 0 N–H and O–H groups in total. The molecular weight excluding hydrogens is 233 g/mol. The van der Waals surface area contributed by atoms with Gasteiger partial charge in [0.25, 0.3) is 0 Å². The number of aromatic nitrogens is 3. The molecule has 0 aliphatic rings. The van der Waals surface area contributed by atoms with Gasteiger partial charge in [0.05, 0.1) is 13.3 Å². The second-order valence-electron chi connectivity index (χ2n) is 3.80. The van der Waals surface area contributed by atoms with Crippen molar-refractivity contribution in [2.75, 3.05) is 7.11 Å². The van der Waals surface area contributed by atoms with E-state index in [-0.39, 0.29) is 11.6 Å². The highest BCUT2D eigenvalue weighted by atomic mass is 19.1. The first kappa shape index (κ1) is 10.7. The summed E-state index contributed by atoms with van der Waals surface area (Å²) in [5.41, 5.74) is 2.39. The Morgan fingerprint density at radius 1 is 1.33 bits per heavy atom. The lowest BCUT2D eigenvalue weighted by Crippen LogP contribution is -1.90. The number of hydrogen-bond donors (Lipinski definition) is 0. The summed E-state index contributed by atoms with van der Waals surface area (Å²) in [6.07, 6.45) is 5.21. The molecule has 0 bridgehead atoms. The van der Waals surface area contributed by atoms with Crippen molar-refractivity contribution >= 4 is 5.65 Å². The minimum atomic E-state index is -0.384. The number of halogens is 1. The molecule has 0 spiro atoms. The van der Waals surface area contributed by atoms with Crippen molar-refractivity contribution in [3.63, 3.8) is 0 Å². The molecule has 0 saturated carbocycles. The third-order valence-corrected chi connectivity index (χ3v) is 2.74. The van der Waals surface area contributed by atoms with E-state index in [1.54, 1.807) is 35.1 Å². The molecule has 0 radical (unpaired) electrons. The normalized spacial score (nSPS) is 10.8. The average molecular weight is 243 g/mol. The Morgan fingerprint density at radius 2 is 2.22 bits per heavy atom. The van der Waals surface area contributed by atoms with Gasteiger partial charge in [-0.05, 0) is 23.8 Å². The number of benzene rings is 1. The van der Waals surface area contributed by atoms with E-state index in [1.807, 2.05) is 6.20 Å². The Hall–Kier alpha value is -2.43. The standard InChI is InChI=1S/C13H10FN3O/c1-18-12-7-9(3-4-11(12)14)10-8-16-17-6-2-5-15-13(10)17/h2-8H,1H3. The van der Waals surface area contributed by atoms with Crippen molar-refractivity contribution in [1.29, 1.82) is 0 Å². The zero-order valence-electron chi connectivity index (χ0n) is 9.67. The smallest absolute Gasteiger partial charge is 0.165 e. The first-order valence-electron chi connectivity index (χ1n) is 5.42. The maximum Gasteiger partial charge on any atom is 0.165 e. The Morgan fingerprint density at radius 3 is 3.06 bits per heavy atom. The molecule has 1 aromatic carbocycles. The van der Waals surface area contributed by atoms with Crippen LogP contribution < -0.4 is 4.74 Å². The number of methoxy groups -OCH3 is 1. The van der Waals surface area contributed by atoms with Crippen molar-refractivity contribution in [2.45, 2.75) is 0 Å². The molecule has 0 amide bonds. The first-order valence-corrected chi connectivity index (χ1v) is 5.42. The molecule has 4 nitrogen and oxygen atoms in total. The number of rotatable bonds is 2. The minimum Gasteiger partial charge on any atom is -0.494 e. The minimum absolute atomic E-state index is 0.211. The van der Waals surface area contributed by atoms with E-state index in [9.17, 15) is 4.39 Å². The molecule has 0 fully saturated rings. The monoisotopic (exact) mass is 243 g/mol. The summed E-state index contributed by atoms with van der Waals surface area (Å²) in [7, 11) is 1.44. The topological polar surface area (TPSA) is 39.4 Å². The molecule has 18 heavy (non-hydrogen) atoms. The molecule has 0 atom stereocenters. The lowest BCUT2D eigenvalue weighted by Gasteiger charge is -2.04. The van der Waals surface area contributed by atoms with Gasteiger partial charge >= 0.3 is 0 Å². The Bertz CT molecular complexity index is 708. The third-order valence-electron chi connectivity index (χ3n) is 2.74. The number of fused-ring (bicyclic) bond motifs is 1. The molecule has 2 aromatic heterocycles. The van der Waals surface area contributed by atoms with Gasteiger partial charge in [0.1, 0.15) is 0 Å². The maximum atomic E-state index is 13.4. The lowest BCUT2D eigenvalue weighted by atomic mass is 10.1. The van der Waals surface area contributed by atoms with Crippen LogP contribution in [0.1, 0.15) is 0 Å². The largest absolute Gasteiger partial charge is 0.494 e. The van der Waals surface area contributed by atoms with Gasteiger partial charge in [-0.25, -0.2) is 13.9 Å². The molecule has 3 rings (SSSR count).